The van der Waals surface area contributed by atoms with Crippen LogP contribution in [0.3, 0.4) is 0 Å². The molecule has 0 amide bonds. The molecule has 20 heavy (non-hydrogen) atoms. The second-order valence-electron chi connectivity index (χ2n) is 4.49. The van der Waals surface area contributed by atoms with Gasteiger partial charge in [-0.2, -0.15) is 0 Å². The molecule has 110 valence electrons. The maximum absolute atomic E-state index is 12.2. The molecule has 0 aromatic carbocycles. The van der Waals surface area contributed by atoms with E-state index in [1.807, 2.05) is 18.4 Å². The predicted molar refractivity (Wildman–Crippen MR) is 75.2 cm³/mol. The van der Waals surface area contributed by atoms with Crippen molar-refractivity contribution >= 4 is 21.4 Å². The van der Waals surface area contributed by atoms with Crippen molar-refractivity contribution in [2.75, 3.05) is 6.54 Å². The molecule has 2 aromatic heterocycles. The zero-order valence-electron chi connectivity index (χ0n) is 11.4. The monoisotopic (exact) mass is 316 g/mol. The van der Waals surface area contributed by atoms with Gasteiger partial charge in [-0.1, -0.05) is 5.16 Å². The summed E-state index contributed by atoms with van der Waals surface area (Å²) in [6.45, 7) is 4.88. The molecule has 2 rings (SSSR count). The normalized spacial score (nSPS) is 13.6. The Morgan fingerprint density at radius 2 is 2.15 bits per heavy atom. The first kappa shape index (κ1) is 15.2. The van der Waals surface area contributed by atoms with Crippen LogP contribution >= 0.6 is 11.3 Å². The van der Waals surface area contributed by atoms with Gasteiger partial charge in [0.1, 0.15) is 16.7 Å². The van der Waals surface area contributed by atoms with E-state index in [2.05, 4.69) is 9.88 Å². The fourth-order valence-electron chi connectivity index (χ4n) is 1.94. The molecule has 0 fully saturated rings. The van der Waals surface area contributed by atoms with Crippen molar-refractivity contribution in [3.05, 3.63) is 33.3 Å². The van der Waals surface area contributed by atoms with Crippen molar-refractivity contribution in [1.29, 1.82) is 0 Å². The minimum atomic E-state index is -3.74. The van der Waals surface area contributed by atoms with Gasteiger partial charge in [-0.15, -0.1) is 11.3 Å². The summed E-state index contributed by atoms with van der Waals surface area (Å²) < 4.78 is 31.6. The summed E-state index contributed by atoms with van der Waals surface area (Å²) in [7, 11) is -3.74. The molecule has 2 aromatic rings. The second-order valence-corrected chi connectivity index (χ2v) is 7.14. The third-order valence-corrected chi connectivity index (χ3v) is 5.69. The van der Waals surface area contributed by atoms with Gasteiger partial charge in [0.25, 0.3) is 0 Å². The van der Waals surface area contributed by atoms with Crippen molar-refractivity contribution < 1.29 is 18.0 Å². The number of aromatic nitrogens is 1. The molecule has 8 heteroatoms. The largest absolute Gasteiger partial charge is 0.386 e. The molecule has 2 N–H and O–H groups in total. The number of hydrogen-bond acceptors (Lipinski definition) is 6. The van der Waals surface area contributed by atoms with E-state index in [4.69, 9.17) is 4.52 Å². The summed E-state index contributed by atoms with van der Waals surface area (Å²) in [4.78, 5) is 0.791. The van der Waals surface area contributed by atoms with Gasteiger partial charge < -0.3 is 9.63 Å². The molecule has 0 saturated heterocycles. The maximum atomic E-state index is 12.2. The lowest BCUT2D eigenvalue weighted by Crippen LogP contribution is -2.29. The smallest absolute Gasteiger partial charge is 0.246 e. The Labute approximate surface area is 121 Å². The lowest BCUT2D eigenvalue weighted by molar-refractivity contribution is 0.185. The zero-order valence-corrected chi connectivity index (χ0v) is 13.0. The highest BCUT2D eigenvalue weighted by molar-refractivity contribution is 7.89. The minimum Gasteiger partial charge on any atom is -0.386 e. The van der Waals surface area contributed by atoms with Crippen molar-refractivity contribution in [2.24, 2.45) is 0 Å². The van der Waals surface area contributed by atoms with E-state index in [0.717, 1.165) is 10.4 Å². The molecule has 6 nitrogen and oxygen atoms in total. The minimum absolute atomic E-state index is 0.0348. The Kier molecular flexibility index (Phi) is 4.28. The lowest BCUT2D eigenvalue weighted by Gasteiger charge is -2.11. The quantitative estimate of drug-likeness (QED) is 0.875. The number of aliphatic hydroxyl groups is 1. The van der Waals surface area contributed by atoms with Crippen molar-refractivity contribution in [3.63, 3.8) is 0 Å². The highest BCUT2D eigenvalue weighted by Gasteiger charge is 2.25. The van der Waals surface area contributed by atoms with Crippen LogP contribution < -0.4 is 4.72 Å². The van der Waals surface area contributed by atoms with E-state index in [1.54, 1.807) is 6.92 Å². The summed E-state index contributed by atoms with van der Waals surface area (Å²) in [6, 6.07) is 1.88. The van der Waals surface area contributed by atoms with Gasteiger partial charge in [-0.25, -0.2) is 13.1 Å². The Morgan fingerprint density at radius 3 is 2.65 bits per heavy atom. The maximum Gasteiger partial charge on any atom is 0.246 e. The zero-order chi connectivity index (χ0) is 14.9. The summed E-state index contributed by atoms with van der Waals surface area (Å²) >= 11 is 1.40. The highest BCUT2D eigenvalue weighted by Crippen LogP contribution is 2.24. The van der Waals surface area contributed by atoms with E-state index in [9.17, 15) is 13.5 Å². The molecule has 1 unspecified atom stereocenters. The summed E-state index contributed by atoms with van der Waals surface area (Å²) in [5.41, 5.74) is 1.25. The van der Waals surface area contributed by atoms with Crippen molar-refractivity contribution in [2.45, 2.75) is 31.8 Å². The average molecular weight is 316 g/mol. The molecular weight excluding hydrogens is 300 g/mol. The number of hydrogen-bond donors (Lipinski definition) is 2. The molecule has 0 radical (unpaired) electrons. The number of nitrogens with one attached hydrogen (secondary N) is 1. The third kappa shape index (κ3) is 2.93. The number of aliphatic hydroxyl groups excluding tert-OH is 1. The lowest BCUT2D eigenvalue weighted by atomic mass is 10.2. The standard InChI is InChI=1S/C12H16N2O4S2/c1-7-4-5-19-11(7)10(15)6-13-20(16,17)12-8(2)14-18-9(12)3/h4-5,10,13,15H,6H2,1-3H3. The summed E-state index contributed by atoms with van der Waals surface area (Å²) in [5.74, 6) is 0.233. The first-order chi connectivity index (χ1) is 9.33. The molecular formula is C12H16N2O4S2. The van der Waals surface area contributed by atoms with E-state index in [-0.39, 0.29) is 17.2 Å². The molecule has 0 aliphatic carbocycles. The highest BCUT2D eigenvalue weighted by atomic mass is 32.2. The molecule has 2 heterocycles. The van der Waals surface area contributed by atoms with Gasteiger partial charge in [0.15, 0.2) is 5.76 Å². The van der Waals surface area contributed by atoms with Crippen LogP contribution in [0.5, 0.6) is 0 Å². The van der Waals surface area contributed by atoms with Crippen LogP contribution in [0.15, 0.2) is 20.9 Å². The van der Waals surface area contributed by atoms with Gasteiger partial charge in [0, 0.05) is 11.4 Å². The molecule has 1 atom stereocenters. The third-order valence-electron chi connectivity index (χ3n) is 2.91. The van der Waals surface area contributed by atoms with Crippen LogP contribution in [-0.2, 0) is 10.0 Å². The Morgan fingerprint density at radius 1 is 1.45 bits per heavy atom. The van der Waals surface area contributed by atoms with Crippen LogP contribution in [0.2, 0.25) is 0 Å². The number of thiophene rings is 1. The Balaban J connectivity index is 2.13. The van der Waals surface area contributed by atoms with E-state index >= 15 is 0 Å². The molecule has 0 spiro atoms. The average Bonchev–Trinajstić information content (AvgIpc) is 2.93. The number of aryl methyl sites for hydroxylation is 3. The van der Waals surface area contributed by atoms with E-state index in [0.29, 0.717) is 5.69 Å². The predicted octanol–water partition coefficient (Wildman–Crippen LogP) is 1.67. The van der Waals surface area contributed by atoms with Crippen LogP contribution in [0.4, 0.5) is 0 Å². The van der Waals surface area contributed by atoms with Crippen LogP contribution in [0, 0.1) is 20.8 Å². The SMILES string of the molecule is Cc1ccsc1C(O)CNS(=O)(=O)c1c(C)noc1C. The fourth-order valence-corrected chi connectivity index (χ4v) is 4.21. The molecule has 0 saturated carbocycles. The number of sulfonamides is 1. The van der Waals surface area contributed by atoms with Crippen LogP contribution in [-0.4, -0.2) is 25.2 Å². The van der Waals surface area contributed by atoms with Gasteiger partial charge >= 0.3 is 0 Å². The Hall–Kier alpha value is -1.22. The fraction of sp³-hybridized carbons (Fsp3) is 0.417. The second kappa shape index (κ2) is 5.65. The topological polar surface area (TPSA) is 92.4 Å². The van der Waals surface area contributed by atoms with Crippen LogP contribution in [0.1, 0.15) is 28.0 Å². The number of rotatable bonds is 5. The molecule has 0 aliphatic heterocycles. The molecule has 0 bridgehead atoms. The van der Waals surface area contributed by atoms with E-state index < -0.39 is 16.1 Å². The van der Waals surface area contributed by atoms with Crippen LogP contribution in [0.25, 0.3) is 0 Å². The van der Waals surface area contributed by atoms with Gasteiger partial charge in [0.05, 0.1) is 0 Å². The van der Waals surface area contributed by atoms with Crippen molar-refractivity contribution in [3.8, 4) is 0 Å². The Bertz CT molecular complexity index is 683. The molecule has 0 aliphatic rings. The number of nitrogens with zero attached hydrogens (tertiary/aromatic N) is 1. The summed E-state index contributed by atoms with van der Waals surface area (Å²) in [6.07, 6.45) is -0.870. The first-order valence-electron chi connectivity index (χ1n) is 5.97. The first-order valence-corrected chi connectivity index (χ1v) is 8.34. The van der Waals surface area contributed by atoms with Crippen molar-refractivity contribution in [1.82, 2.24) is 9.88 Å². The summed E-state index contributed by atoms with van der Waals surface area (Å²) in [5, 5.41) is 15.5. The van der Waals surface area contributed by atoms with Gasteiger partial charge in [0.2, 0.25) is 10.0 Å². The van der Waals surface area contributed by atoms with Gasteiger partial charge in [-0.05, 0) is 37.8 Å². The van der Waals surface area contributed by atoms with Gasteiger partial charge in [-0.3, -0.25) is 0 Å². The van der Waals surface area contributed by atoms with E-state index in [1.165, 1.54) is 18.3 Å².